The average molecular weight is 298 g/mol. The van der Waals surface area contributed by atoms with E-state index >= 15 is 0 Å². The van der Waals surface area contributed by atoms with Gasteiger partial charge < -0.3 is 5.32 Å². The number of carbonyl (C=O) groups excluding carboxylic acids is 1. The van der Waals surface area contributed by atoms with Crippen LogP contribution in [0.5, 0.6) is 0 Å². The fourth-order valence-corrected chi connectivity index (χ4v) is 1.92. The average Bonchev–Trinajstić information content (AvgIpc) is 2.42. The highest BCUT2D eigenvalue weighted by molar-refractivity contribution is 6.33. The molecule has 0 unspecified atom stereocenters. The Labute approximate surface area is 120 Å². The number of hydrogen-bond acceptors (Lipinski definition) is 1. The lowest BCUT2D eigenvalue weighted by molar-refractivity contribution is 0.102. The van der Waals surface area contributed by atoms with Crippen LogP contribution in [-0.4, -0.2) is 5.91 Å². The second-order valence-corrected chi connectivity index (χ2v) is 4.58. The molecule has 0 aliphatic carbocycles. The van der Waals surface area contributed by atoms with Crippen molar-refractivity contribution in [3.05, 3.63) is 64.4 Å². The first kappa shape index (κ1) is 13.8. The quantitative estimate of drug-likeness (QED) is 0.832. The smallest absolute Gasteiger partial charge is 0.255 e. The van der Waals surface area contributed by atoms with E-state index in [2.05, 4.69) is 5.32 Å². The SMILES string of the molecule is O=C(Nc1ccc(F)cc1Cl)c1ccc(CCl)cc1. The van der Waals surface area contributed by atoms with E-state index in [0.717, 1.165) is 11.6 Å². The van der Waals surface area contributed by atoms with Gasteiger partial charge in [-0.3, -0.25) is 4.79 Å². The second-order valence-electron chi connectivity index (χ2n) is 3.91. The Morgan fingerprint density at radius 2 is 1.84 bits per heavy atom. The van der Waals surface area contributed by atoms with Crippen LogP contribution in [0, 0.1) is 5.82 Å². The van der Waals surface area contributed by atoms with Crippen molar-refractivity contribution in [3.8, 4) is 0 Å². The van der Waals surface area contributed by atoms with E-state index in [-0.39, 0.29) is 10.9 Å². The molecular weight excluding hydrogens is 288 g/mol. The highest BCUT2D eigenvalue weighted by Gasteiger charge is 2.09. The summed E-state index contributed by atoms with van der Waals surface area (Å²) in [5.74, 6) is -0.366. The van der Waals surface area contributed by atoms with Crippen molar-refractivity contribution < 1.29 is 9.18 Å². The lowest BCUT2D eigenvalue weighted by atomic mass is 10.1. The highest BCUT2D eigenvalue weighted by Crippen LogP contribution is 2.23. The minimum atomic E-state index is -0.450. The van der Waals surface area contributed by atoms with Gasteiger partial charge in [-0.15, -0.1) is 11.6 Å². The number of alkyl halides is 1. The highest BCUT2D eigenvalue weighted by atomic mass is 35.5. The molecular formula is C14H10Cl2FNO. The van der Waals surface area contributed by atoms with Crippen LogP contribution in [0.15, 0.2) is 42.5 Å². The van der Waals surface area contributed by atoms with E-state index in [1.165, 1.54) is 12.1 Å². The van der Waals surface area contributed by atoms with Gasteiger partial charge in [-0.25, -0.2) is 4.39 Å². The van der Waals surface area contributed by atoms with Crippen LogP contribution in [0.4, 0.5) is 10.1 Å². The maximum absolute atomic E-state index is 12.9. The molecule has 0 aliphatic heterocycles. The maximum atomic E-state index is 12.9. The van der Waals surface area contributed by atoms with Crippen molar-refractivity contribution in [2.45, 2.75) is 5.88 Å². The van der Waals surface area contributed by atoms with E-state index in [9.17, 15) is 9.18 Å². The number of halogens is 3. The topological polar surface area (TPSA) is 29.1 Å². The zero-order valence-electron chi connectivity index (χ0n) is 9.79. The minimum Gasteiger partial charge on any atom is -0.321 e. The van der Waals surface area contributed by atoms with Gasteiger partial charge in [0.2, 0.25) is 0 Å². The van der Waals surface area contributed by atoms with Crippen molar-refractivity contribution in [1.29, 1.82) is 0 Å². The predicted molar refractivity (Wildman–Crippen MR) is 75.4 cm³/mol. The molecule has 2 aromatic rings. The predicted octanol–water partition coefficient (Wildman–Crippen LogP) is 4.47. The van der Waals surface area contributed by atoms with Gasteiger partial charge in [0.15, 0.2) is 0 Å². The third kappa shape index (κ3) is 3.46. The Hall–Kier alpha value is -1.58. The Bertz CT molecular complexity index is 599. The van der Waals surface area contributed by atoms with E-state index in [4.69, 9.17) is 23.2 Å². The largest absolute Gasteiger partial charge is 0.321 e. The first-order valence-corrected chi connectivity index (χ1v) is 6.42. The molecule has 0 bridgehead atoms. The Morgan fingerprint density at radius 1 is 1.16 bits per heavy atom. The van der Waals surface area contributed by atoms with Gasteiger partial charge in [0.05, 0.1) is 10.7 Å². The molecule has 0 radical (unpaired) electrons. The third-order valence-corrected chi connectivity index (χ3v) is 3.17. The Balaban J connectivity index is 2.15. The molecule has 98 valence electrons. The summed E-state index contributed by atoms with van der Waals surface area (Å²) in [5, 5.41) is 2.78. The molecule has 19 heavy (non-hydrogen) atoms. The zero-order chi connectivity index (χ0) is 13.8. The van der Waals surface area contributed by atoms with Crippen molar-refractivity contribution >= 4 is 34.8 Å². The molecule has 2 nitrogen and oxygen atoms in total. The fourth-order valence-electron chi connectivity index (χ4n) is 1.53. The number of nitrogens with one attached hydrogen (secondary N) is 1. The summed E-state index contributed by atoms with van der Waals surface area (Å²) >= 11 is 11.5. The number of carbonyl (C=O) groups is 1. The lowest BCUT2D eigenvalue weighted by Gasteiger charge is -2.07. The summed E-state index contributed by atoms with van der Waals surface area (Å²) in [6.07, 6.45) is 0. The molecule has 0 heterocycles. The van der Waals surface area contributed by atoms with Crippen LogP contribution in [0.1, 0.15) is 15.9 Å². The fraction of sp³-hybridized carbons (Fsp3) is 0.0714. The van der Waals surface area contributed by atoms with Crippen LogP contribution in [0.2, 0.25) is 5.02 Å². The standard InChI is InChI=1S/C14H10Cl2FNO/c15-8-9-1-3-10(4-2-9)14(19)18-13-6-5-11(17)7-12(13)16/h1-7H,8H2,(H,18,19). The molecule has 5 heteroatoms. The van der Waals surface area contributed by atoms with Gasteiger partial charge in [0, 0.05) is 11.4 Å². The maximum Gasteiger partial charge on any atom is 0.255 e. The second kappa shape index (κ2) is 6.04. The summed E-state index contributed by atoms with van der Waals surface area (Å²) < 4.78 is 12.9. The summed E-state index contributed by atoms with van der Waals surface area (Å²) in [5.41, 5.74) is 1.78. The van der Waals surface area contributed by atoms with Gasteiger partial charge in [-0.2, -0.15) is 0 Å². The molecule has 0 atom stereocenters. The number of hydrogen-bond donors (Lipinski definition) is 1. The van der Waals surface area contributed by atoms with Gasteiger partial charge in [0.1, 0.15) is 5.82 Å². The van der Waals surface area contributed by atoms with Gasteiger partial charge >= 0.3 is 0 Å². The molecule has 2 aromatic carbocycles. The first-order valence-electron chi connectivity index (χ1n) is 5.51. The number of rotatable bonds is 3. The molecule has 0 saturated heterocycles. The normalized spacial score (nSPS) is 10.3. The van der Waals surface area contributed by atoms with E-state index in [0.29, 0.717) is 17.1 Å². The van der Waals surface area contributed by atoms with E-state index in [1.54, 1.807) is 24.3 Å². The first-order chi connectivity index (χ1) is 9.10. The zero-order valence-corrected chi connectivity index (χ0v) is 11.3. The monoisotopic (exact) mass is 297 g/mol. The molecule has 2 rings (SSSR count). The number of amides is 1. The third-order valence-electron chi connectivity index (χ3n) is 2.55. The van der Waals surface area contributed by atoms with Crippen LogP contribution < -0.4 is 5.32 Å². The van der Waals surface area contributed by atoms with E-state index in [1.807, 2.05) is 0 Å². The summed E-state index contributed by atoms with van der Waals surface area (Å²) in [4.78, 5) is 12.0. The summed E-state index contributed by atoms with van der Waals surface area (Å²) in [6, 6.07) is 10.7. The number of benzene rings is 2. The van der Waals surface area contributed by atoms with Gasteiger partial charge in [-0.05, 0) is 35.9 Å². The molecule has 1 N–H and O–H groups in total. The van der Waals surface area contributed by atoms with Crippen LogP contribution >= 0.6 is 23.2 Å². The van der Waals surface area contributed by atoms with Gasteiger partial charge in [0.25, 0.3) is 5.91 Å². The van der Waals surface area contributed by atoms with Crippen molar-refractivity contribution in [2.75, 3.05) is 5.32 Å². The summed E-state index contributed by atoms with van der Waals surface area (Å²) in [6.45, 7) is 0. The minimum absolute atomic E-state index is 0.158. The molecule has 0 aromatic heterocycles. The van der Waals surface area contributed by atoms with E-state index < -0.39 is 5.82 Å². The Morgan fingerprint density at radius 3 is 2.42 bits per heavy atom. The summed E-state index contributed by atoms with van der Waals surface area (Å²) in [7, 11) is 0. The number of anilines is 1. The molecule has 0 fully saturated rings. The Kier molecular flexibility index (Phi) is 4.40. The van der Waals surface area contributed by atoms with Gasteiger partial charge in [-0.1, -0.05) is 23.7 Å². The van der Waals surface area contributed by atoms with Crippen LogP contribution in [0.25, 0.3) is 0 Å². The molecule has 0 saturated carbocycles. The molecule has 0 spiro atoms. The van der Waals surface area contributed by atoms with Crippen LogP contribution in [-0.2, 0) is 5.88 Å². The molecule has 0 aliphatic rings. The van der Waals surface area contributed by atoms with Crippen molar-refractivity contribution in [1.82, 2.24) is 0 Å². The van der Waals surface area contributed by atoms with Crippen molar-refractivity contribution in [3.63, 3.8) is 0 Å². The lowest BCUT2D eigenvalue weighted by Crippen LogP contribution is -2.12. The van der Waals surface area contributed by atoms with Crippen molar-refractivity contribution in [2.24, 2.45) is 0 Å². The molecule has 1 amide bonds. The van der Waals surface area contributed by atoms with Crippen LogP contribution in [0.3, 0.4) is 0 Å².